The van der Waals surface area contributed by atoms with Crippen LogP contribution in [0, 0.1) is 0 Å². The van der Waals surface area contributed by atoms with E-state index in [0.29, 0.717) is 17.8 Å². The van der Waals surface area contributed by atoms with E-state index in [1.807, 2.05) is 12.3 Å². The molecule has 2 N–H and O–H groups in total. The van der Waals surface area contributed by atoms with E-state index in [2.05, 4.69) is 23.2 Å². The number of benzene rings is 2. The van der Waals surface area contributed by atoms with Crippen LogP contribution in [0.3, 0.4) is 0 Å². The lowest BCUT2D eigenvalue weighted by molar-refractivity contribution is 0.0697. The summed E-state index contributed by atoms with van der Waals surface area (Å²) < 4.78 is 0. The molecular formula is C26H24ClNO3S2. The topological polar surface area (TPSA) is 69.9 Å². The Balaban J connectivity index is 1.45. The number of aliphatic imine (C=N–C) groups is 1. The van der Waals surface area contributed by atoms with Crippen molar-refractivity contribution in [3.63, 3.8) is 0 Å². The predicted octanol–water partition coefficient (Wildman–Crippen LogP) is 6.77. The number of fused-ring (bicyclic) bond motifs is 1. The number of hydrogen-bond acceptors (Lipinski definition) is 5. The van der Waals surface area contributed by atoms with Gasteiger partial charge in [-0.25, -0.2) is 4.79 Å². The average molecular weight is 498 g/mol. The molecule has 0 saturated heterocycles. The zero-order valence-corrected chi connectivity index (χ0v) is 20.6. The lowest BCUT2D eigenvalue weighted by atomic mass is 9.90. The maximum atomic E-state index is 11.1. The van der Waals surface area contributed by atoms with Crippen LogP contribution in [0.15, 0.2) is 46.8 Å². The first-order valence-electron chi connectivity index (χ1n) is 10.8. The molecule has 4 nitrogen and oxygen atoms in total. The van der Waals surface area contributed by atoms with Gasteiger partial charge in [0, 0.05) is 27.9 Å². The Labute approximate surface area is 207 Å². The second-order valence-corrected chi connectivity index (χ2v) is 10.1. The number of rotatable bonds is 7. The summed E-state index contributed by atoms with van der Waals surface area (Å²) in [5.74, 6) is -0.793. The van der Waals surface area contributed by atoms with E-state index >= 15 is 0 Å². The van der Waals surface area contributed by atoms with E-state index in [1.54, 1.807) is 12.1 Å². The van der Waals surface area contributed by atoms with Gasteiger partial charge in [-0.15, -0.1) is 11.3 Å². The fraction of sp³-hybridized carbons (Fsp3) is 0.269. The zero-order chi connectivity index (χ0) is 23.5. The minimum Gasteiger partial charge on any atom is -0.506 e. The maximum Gasteiger partial charge on any atom is 0.337 e. The summed E-state index contributed by atoms with van der Waals surface area (Å²) in [7, 11) is 0. The average Bonchev–Trinajstić information content (AvgIpc) is 3.18. The molecule has 2 aromatic carbocycles. The summed E-state index contributed by atoms with van der Waals surface area (Å²) in [6.07, 6.45) is 5.18. The Hall–Kier alpha value is -2.54. The van der Waals surface area contributed by atoms with Crippen LogP contribution < -0.4 is 0 Å². The third-order valence-electron chi connectivity index (χ3n) is 5.92. The monoisotopic (exact) mass is 497 g/mol. The highest BCUT2D eigenvalue weighted by atomic mass is 35.5. The van der Waals surface area contributed by atoms with E-state index in [0.717, 1.165) is 40.1 Å². The standard InChI is InChI=1S/C26H24ClNO3S2/c1-15(28-13-20(32)10-16-6-9-21(26(30)31)23(27)11-16)22-14-33-25(24(22)29)19-8-7-17-4-2-3-5-18(17)12-19/h6-9,11-12,14,29H,2-5,10,13H2,1H3,(H,30,31). The predicted molar refractivity (Wildman–Crippen MR) is 140 cm³/mol. The van der Waals surface area contributed by atoms with Gasteiger partial charge >= 0.3 is 5.97 Å². The van der Waals surface area contributed by atoms with Gasteiger partial charge in [0.2, 0.25) is 0 Å². The molecule has 0 aliphatic heterocycles. The normalized spacial score (nSPS) is 13.6. The van der Waals surface area contributed by atoms with E-state index < -0.39 is 5.97 Å². The van der Waals surface area contributed by atoms with E-state index in [-0.39, 0.29) is 16.3 Å². The van der Waals surface area contributed by atoms with Gasteiger partial charge in [-0.05, 0) is 73.1 Å². The highest BCUT2D eigenvalue weighted by Gasteiger charge is 2.17. The lowest BCUT2D eigenvalue weighted by Crippen LogP contribution is -2.07. The zero-order valence-electron chi connectivity index (χ0n) is 18.2. The van der Waals surface area contributed by atoms with Gasteiger partial charge in [0.25, 0.3) is 0 Å². The van der Waals surface area contributed by atoms with E-state index in [4.69, 9.17) is 28.9 Å². The molecule has 4 rings (SSSR count). The largest absolute Gasteiger partial charge is 0.506 e. The fourth-order valence-corrected chi connectivity index (χ4v) is 5.62. The Kier molecular flexibility index (Phi) is 7.27. The number of thiophene rings is 1. The van der Waals surface area contributed by atoms with Crippen molar-refractivity contribution in [2.75, 3.05) is 6.54 Å². The Bertz CT molecular complexity index is 1260. The van der Waals surface area contributed by atoms with Crippen molar-refractivity contribution < 1.29 is 15.0 Å². The maximum absolute atomic E-state index is 11.1. The number of carboxylic acids is 1. The Morgan fingerprint density at radius 2 is 1.88 bits per heavy atom. The van der Waals surface area contributed by atoms with E-state index in [9.17, 15) is 9.90 Å². The number of aromatic hydroxyl groups is 1. The van der Waals surface area contributed by atoms with Crippen LogP contribution in [0.25, 0.3) is 10.4 Å². The molecule has 0 unspecified atom stereocenters. The minimum atomic E-state index is -1.06. The van der Waals surface area contributed by atoms with Crippen LogP contribution in [0.2, 0.25) is 5.02 Å². The Morgan fingerprint density at radius 3 is 2.61 bits per heavy atom. The molecule has 33 heavy (non-hydrogen) atoms. The molecule has 3 aromatic rings. The van der Waals surface area contributed by atoms with Crippen LogP contribution in [0.5, 0.6) is 5.75 Å². The first kappa shape index (κ1) is 23.6. The summed E-state index contributed by atoms with van der Waals surface area (Å²) in [6.45, 7) is 2.21. The molecule has 0 radical (unpaired) electrons. The summed E-state index contributed by atoms with van der Waals surface area (Å²) in [5.41, 5.74) is 6.24. The van der Waals surface area contributed by atoms with Crippen molar-refractivity contribution in [1.29, 1.82) is 0 Å². The number of carboxylic acid groups (broad SMARTS) is 1. The molecule has 0 fully saturated rings. The summed E-state index contributed by atoms with van der Waals surface area (Å²) in [5, 5.41) is 22.1. The lowest BCUT2D eigenvalue weighted by Gasteiger charge is -2.16. The van der Waals surface area contributed by atoms with Crippen molar-refractivity contribution >= 4 is 51.7 Å². The smallest absolute Gasteiger partial charge is 0.337 e. The molecule has 0 saturated carbocycles. The number of halogens is 1. The Morgan fingerprint density at radius 1 is 1.12 bits per heavy atom. The van der Waals surface area contributed by atoms with Crippen LogP contribution in [-0.2, 0) is 19.3 Å². The minimum absolute atomic E-state index is 0.0721. The van der Waals surface area contributed by atoms with Gasteiger partial charge in [-0.2, -0.15) is 0 Å². The van der Waals surface area contributed by atoms with Crippen molar-refractivity contribution in [2.45, 2.75) is 39.0 Å². The molecule has 0 spiro atoms. The summed E-state index contributed by atoms with van der Waals surface area (Å²) in [4.78, 5) is 17.3. The molecule has 1 aromatic heterocycles. The molecule has 0 atom stereocenters. The van der Waals surface area contributed by atoms with Gasteiger partial charge in [-0.3, -0.25) is 4.99 Å². The van der Waals surface area contributed by atoms with Crippen molar-refractivity contribution in [3.05, 3.63) is 74.6 Å². The van der Waals surface area contributed by atoms with Gasteiger partial charge < -0.3 is 10.2 Å². The van der Waals surface area contributed by atoms with Gasteiger partial charge in [0.1, 0.15) is 5.75 Å². The van der Waals surface area contributed by atoms with E-state index in [1.165, 1.54) is 41.4 Å². The highest BCUT2D eigenvalue weighted by Crippen LogP contribution is 2.40. The fourth-order valence-electron chi connectivity index (χ4n) is 4.11. The van der Waals surface area contributed by atoms with Crippen LogP contribution >= 0.6 is 35.2 Å². The molecule has 170 valence electrons. The van der Waals surface area contributed by atoms with Gasteiger partial charge in [-0.1, -0.05) is 42.0 Å². The molecule has 7 heteroatoms. The van der Waals surface area contributed by atoms with Gasteiger partial charge in [0.15, 0.2) is 0 Å². The van der Waals surface area contributed by atoms with Crippen molar-refractivity contribution in [1.82, 2.24) is 0 Å². The number of carbonyl (C=O) groups is 1. The second-order valence-electron chi connectivity index (χ2n) is 8.25. The molecule has 1 heterocycles. The van der Waals surface area contributed by atoms with Crippen LogP contribution in [0.1, 0.15) is 52.4 Å². The van der Waals surface area contributed by atoms with Crippen molar-refractivity contribution in [2.24, 2.45) is 4.99 Å². The summed E-state index contributed by atoms with van der Waals surface area (Å²) in [6, 6.07) is 11.3. The molecule has 0 amide bonds. The number of hydrogen-bond donors (Lipinski definition) is 2. The van der Waals surface area contributed by atoms with Crippen LogP contribution in [0.4, 0.5) is 0 Å². The van der Waals surface area contributed by atoms with Gasteiger partial charge in [0.05, 0.1) is 22.0 Å². The quantitative estimate of drug-likeness (QED) is 0.279. The SMILES string of the molecule is CC(=NCC(=S)Cc1ccc(C(=O)O)c(Cl)c1)c1csc(-c2ccc3c(c2)CCCC3)c1O. The first-order chi connectivity index (χ1) is 15.8. The van der Waals surface area contributed by atoms with Crippen LogP contribution in [-0.4, -0.2) is 33.3 Å². The number of aryl methyl sites for hydroxylation is 2. The number of thiocarbonyl (C=S) groups is 1. The number of aromatic carboxylic acids is 1. The third kappa shape index (κ3) is 5.35. The molecule has 1 aliphatic rings. The van der Waals surface area contributed by atoms with Crippen molar-refractivity contribution in [3.8, 4) is 16.2 Å². The second kappa shape index (κ2) is 10.2. The molecule has 0 bridgehead atoms. The highest BCUT2D eigenvalue weighted by molar-refractivity contribution is 7.80. The molecule has 1 aliphatic carbocycles. The first-order valence-corrected chi connectivity index (χ1v) is 12.5. The number of nitrogens with zero attached hydrogens (tertiary/aromatic N) is 1. The molecular weight excluding hydrogens is 474 g/mol. The third-order valence-corrected chi connectivity index (χ3v) is 7.53. The summed E-state index contributed by atoms with van der Waals surface area (Å²) >= 11 is 13.0.